The molecule has 0 aromatic heterocycles. The van der Waals surface area contributed by atoms with Crippen molar-refractivity contribution < 1.29 is 9.18 Å². The minimum atomic E-state index is -0.218. The normalized spacial score (nSPS) is 22.8. The Bertz CT molecular complexity index is 492. The summed E-state index contributed by atoms with van der Waals surface area (Å²) in [6.07, 6.45) is 2.99. The van der Waals surface area contributed by atoms with Crippen molar-refractivity contribution in [3.63, 3.8) is 0 Å². The van der Waals surface area contributed by atoms with Gasteiger partial charge in [-0.2, -0.15) is 0 Å². The molecule has 5 heteroatoms. The van der Waals surface area contributed by atoms with E-state index in [4.69, 9.17) is 0 Å². The second-order valence-electron chi connectivity index (χ2n) is 4.48. The average Bonchev–Trinajstić information content (AvgIpc) is 2.32. The van der Waals surface area contributed by atoms with Crippen molar-refractivity contribution in [2.75, 3.05) is 16.8 Å². The second-order valence-corrected chi connectivity index (χ2v) is 5.64. The van der Waals surface area contributed by atoms with Gasteiger partial charge in [0.15, 0.2) is 0 Å². The third kappa shape index (κ3) is 1.80. The smallest absolute Gasteiger partial charge is 0.247 e. The number of piperidine rings is 1. The fourth-order valence-electron chi connectivity index (χ4n) is 2.58. The zero-order valence-corrected chi connectivity index (χ0v) is 11.3. The Morgan fingerprint density at radius 2 is 2.24 bits per heavy atom. The van der Waals surface area contributed by atoms with Gasteiger partial charge in [-0.1, -0.05) is 0 Å². The Morgan fingerprint density at radius 3 is 3.06 bits per heavy atom. The van der Waals surface area contributed by atoms with E-state index in [1.807, 2.05) is 27.5 Å². The molecule has 0 bridgehead atoms. The molecule has 1 unspecified atom stereocenters. The Kier molecular flexibility index (Phi) is 2.72. The number of rotatable bonds is 0. The molecule has 1 aromatic rings. The molecule has 1 saturated heterocycles. The highest BCUT2D eigenvalue weighted by atomic mass is 127. The number of benzene rings is 1. The summed E-state index contributed by atoms with van der Waals surface area (Å²) in [5.41, 5.74) is 1.56. The van der Waals surface area contributed by atoms with E-state index in [0.717, 1.165) is 37.2 Å². The van der Waals surface area contributed by atoms with Gasteiger partial charge in [0.1, 0.15) is 11.9 Å². The molecule has 1 amide bonds. The van der Waals surface area contributed by atoms with Crippen LogP contribution in [0, 0.1) is 9.39 Å². The molecule has 0 spiro atoms. The largest absolute Gasteiger partial charge is 0.358 e. The molecule has 17 heavy (non-hydrogen) atoms. The lowest BCUT2D eigenvalue weighted by molar-refractivity contribution is -0.118. The standard InChI is InChI=1S/C12H12FIN2O/c13-7-5-11-9(6-8(7)14)15-12(17)10-3-1-2-4-16(10)11/h5-6,10H,1-4H2,(H,15,17). The fraction of sp³-hybridized carbons (Fsp3) is 0.417. The first-order chi connectivity index (χ1) is 8.16. The van der Waals surface area contributed by atoms with E-state index in [9.17, 15) is 9.18 Å². The molecule has 1 N–H and O–H groups in total. The number of carbonyl (C=O) groups is 1. The van der Waals surface area contributed by atoms with Crippen LogP contribution in [0.2, 0.25) is 0 Å². The third-order valence-electron chi connectivity index (χ3n) is 3.41. The lowest BCUT2D eigenvalue weighted by Crippen LogP contribution is -2.50. The van der Waals surface area contributed by atoms with Gasteiger partial charge in [0.2, 0.25) is 5.91 Å². The number of nitrogens with one attached hydrogen (secondary N) is 1. The molecule has 1 atom stereocenters. The van der Waals surface area contributed by atoms with E-state index >= 15 is 0 Å². The summed E-state index contributed by atoms with van der Waals surface area (Å²) < 4.78 is 14.2. The zero-order valence-electron chi connectivity index (χ0n) is 9.17. The van der Waals surface area contributed by atoms with Crippen molar-refractivity contribution in [3.05, 3.63) is 21.5 Å². The van der Waals surface area contributed by atoms with Gasteiger partial charge in [-0.05, 0) is 47.9 Å². The van der Waals surface area contributed by atoms with Gasteiger partial charge < -0.3 is 10.2 Å². The Balaban J connectivity index is 2.10. The van der Waals surface area contributed by atoms with Gasteiger partial charge in [-0.25, -0.2) is 4.39 Å². The van der Waals surface area contributed by atoms with Crippen molar-refractivity contribution in [1.82, 2.24) is 0 Å². The molecule has 0 saturated carbocycles. The minimum Gasteiger partial charge on any atom is -0.358 e. The first-order valence-corrected chi connectivity index (χ1v) is 6.81. The van der Waals surface area contributed by atoms with Gasteiger partial charge >= 0.3 is 0 Å². The van der Waals surface area contributed by atoms with Gasteiger partial charge in [0.25, 0.3) is 0 Å². The summed E-state index contributed by atoms with van der Waals surface area (Å²) in [4.78, 5) is 14.0. The van der Waals surface area contributed by atoms with E-state index in [0.29, 0.717) is 3.57 Å². The molecule has 2 aliphatic rings. The van der Waals surface area contributed by atoms with Crippen molar-refractivity contribution in [2.45, 2.75) is 25.3 Å². The summed E-state index contributed by atoms with van der Waals surface area (Å²) in [5, 5.41) is 2.88. The second kappa shape index (κ2) is 4.12. The van der Waals surface area contributed by atoms with Crippen LogP contribution in [0.15, 0.2) is 12.1 Å². The zero-order chi connectivity index (χ0) is 12.0. The topological polar surface area (TPSA) is 32.3 Å². The summed E-state index contributed by atoms with van der Waals surface area (Å²) in [7, 11) is 0. The van der Waals surface area contributed by atoms with E-state index in [2.05, 4.69) is 5.32 Å². The number of amides is 1. The van der Waals surface area contributed by atoms with Crippen molar-refractivity contribution in [2.24, 2.45) is 0 Å². The Labute approximate surface area is 113 Å². The first kappa shape index (κ1) is 11.3. The number of anilines is 2. The van der Waals surface area contributed by atoms with Crippen LogP contribution in [-0.2, 0) is 4.79 Å². The Morgan fingerprint density at radius 1 is 1.41 bits per heavy atom. The monoisotopic (exact) mass is 346 g/mol. The number of carbonyl (C=O) groups excluding carboxylic acids is 1. The first-order valence-electron chi connectivity index (χ1n) is 5.73. The van der Waals surface area contributed by atoms with Gasteiger partial charge in [-0.3, -0.25) is 4.79 Å². The van der Waals surface area contributed by atoms with Crippen LogP contribution in [0.3, 0.4) is 0 Å². The van der Waals surface area contributed by atoms with Crippen LogP contribution in [0.4, 0.5) is 15.8 Å². The maximum atomic E-state index is 13.6. The summed E-state index contributed by atoms with van der Waals surface area (Å²) in [6.45, 7) is 0.838. The molecule has 90 valence electrons. The average molecular weight is 346 g/mol. The molecule has 1 fully saturated rings. The van der Waals surface area contributed by atoms with Gasteiger partial charge in [0.05, 0.1) is 14.9 Å². The fourth-order valence-corrected chi connectivity index (χ4v) is 3.05. The number of hydrogen-bond acceptors (Lipinski definition) is 2. The third-order valence-corrected chi connectivity index (χ3v) is 4.24. The molecule has 3 rings (SSSR count). The van der Waals surface area contributed by atoms with Crippen LogP contribution in [0.5, 0.6) is 0 Å². The maximum Gasteiger partial charge on any atom is 0.247 e. The lowest BCUT2D eigenvalue weighted by atomic mass is 9.97. The van der Waals surface area contributed by atoms with Crippen molar-refractivity contribution in [1.29, 1.82) is 0 Å². The molecule has 0 aliphatic carbocycles. The highest BCUT2D eigenvalue weighted by Crippen LogP contribution is 2.37. The van der Waals surface area contributed by atoms with Crippen LogP contribution < -0.4 is 10.2 Å². The quantitative estimate of drug-likeness (QED) is 0.733. The molecular formula is C12H12FIN2O. The molecular weight excluding hydrogens is 334 g/mol. The minimum absolute atomic E-state index is 0.0413. The number of nitrogens with zero attached hydrogens (tertiary/aromatic N) is 1. The summed E-state index contributed by atoms with van der Waals surface area (Å²) in [6, 6.07) is 3.12. The van der Waals surface area contributed by atoms with Crippen LogP contribution >= 0.6 is 22.6 Å². The lowest BCUT2D eigenvalue weighted by Gasteiger charge is -2.41. The van der Waals surface area contributed by atoms with Crippen LogP contribution in [0.1, 0.15) is 19.3 Å². The van der Waals surface area contributed by atoms with E-state index in [-0.39, 0.29) is 17.8 Å². The summed E-state index contributed by atoms with van der Waals surface area (Å²) >= 11 is 1.94. The number of fused-ring (bicyclic) bond motifs is 3. The van der Waals surface area contributed by atoms with Gasteiger partial charge in [0, 0.05) is 12.6 Å². The van der Waals surface area contributed by atoms with E-state index < -0.39 is 0 Å². The molecule has 2 aliphatic heterocycles. The van der Waals surface area contributed by atoms with Gasteiger partial charge in [-0.15, -0.1) is 0 Å². The Hall–Kier alpha value is -0.850. The van der Waals surface area contributed by atoms with E-state index in [1.165, 1.54) is 6.07 Å². The molecule has 2 heterocycles. The van der Waals surface area contributed by atoms with E-state index in [1.54, 1.807) is 6.07 Å². The molecule has 0 radical (unpaired) electrons. The predicted molar refractivity (Wildman–Crippen MR) is 72.7 cm³/mol. The van der Waals surface area contributed by atoms with Crippen LogP contribution in [-0.4, -0.2) is 18.5 Å². The van der Waals surface area contributed by atoms with Crippen molar-refractivity contribution in [3.8, 4) is 0 Å². The SMILES string of the molecule is O=C1Nc2cc(I)c(F)cc2N2CCCCC12. The van der Waals surface area contributed by atoms with Crippen LogP contribution in [0.25, 0.3) is 0 Å². The number of halogens is 2. The number of hydrogen-bond donors (Lipinski definition) is 1. The maximum absolute atomic E-state index is 13.6. The predicted octanol–water partition coefficient (Wildman–Crippen LogP) is 2.74. The molecule has 3 nitrogen and oxygen atoms in total. The highest BCUT2D eigenvalue weighted by molar-refractivity contribution is 14.1. The molecule has 1 aromatic carbocycles. The highest BCUT2D eigenvalue weighted by Gasteiger charge is 2.34. The summed E-state index contributed by atoms with van der Waals surface area (Å²) in [5.74, 6) is -0.176. The van der Waals surface area contributed by atoms with Crippen molar-refractivity contribution >= 4 is 39.9 Å².